The average Bonchev–Trinajstić information content (AvgIpc) is 3.30. The molecule has 122 valence electrons. The van der Waals surface area contributed by atoms with Crippen molar-refractivity contribution in [2.24, 2.45) is 0 Å². The van der Waals surface area contributed by atoms with Crippen molar-refractivity contribution < 1.29 is 4.79 Å². The standard InChI is InChI=1S/C21H21NOS/c23-21(15-17-7-3-6-16-5-1-2-9-20(16)17)22(18-10-11-18)13-12-19-8-4-14-24-19/h1-9,14,18H,10-13,15H2. The Morgan fingerprint density at radius 2 is 1.88 bits per heavy atom. The zero-order valence-corrected chi connectivity index (χ0v) is 14.5. The van der Waals surface area contributed by atoms with E-state index in [-0.39, 0.29) is 5.91 Å². The van der Waals surface area contributed by atoms with E-state index in [2.05, 4.69) is 52.7 Å². The summed E-state index contributed by atoms with van der Waals surface area (Å²) in [4.78, 5) is 16.4. The Hall–Kier alpha value is -2.13. The number of hydrogen-bond donors (Lipinski definition) is 0. The lowest BCUT2D eigenvalue weighted by Crippen LogP contribution is -2.36. The molecule has 1 fully saturated rings. The van der Waals surface area contributed by atoms with Crippen LogP contribution in [0.2, 0.25) is 0 Å². The second-order valence-corrected chi connectivity index (χ2v) is 7.49. The summed E-state index contributed by atoms with van der Waals surface area (Å²) in [7, 11) is 0. The van der Waals surface area contributed by atoms with Crippen molar-refractivity contribution in [3.8, 4) is 0 Å². The monoisotopic (exact) mass is 335 g/mol. The number of nitrogens with zero attached hydrogens (tertiary/aromatic N) is 1. The Morgan fingerprint density at radius 1 is 1.04 bits per heavy atom. The summed E-state index contributed by atoms with van der Waals surface area (Å²) < 4.78 is 0. The van der Waals surface area contributed by atoms with Gasteiger partial charge in [0.25, 0.3) is 0 Å². The number of fused-ring (bicyclic) bond motifs is 1. The minimum Gasteiger partial charge on any atom is -0.339 e. The van der Waals surface area contributed by atoms with Crippen molar-refractivity contribution in [3.63, 3.8) is 0 Å². The van der Waals surface area contributed by atoms with Crippen molar-refractivity contribution in [1.29, 1.82) is 0 Å². The number of hydrogen-bond acceptors (Lipinski definition) is 2. The number of benzene rings is 2. The maximum atomic E-state index is 12.9. The van der Waals surface area contributed by atoms with E-state index < -0.39 is 0 Å². The van der Waals surface area contributed by atoms with E-state index in [9.17, 15) is 4.79 Å². The third-order valence-electron chi connectivity index (χ3n) is 4.71. The van der Waals surface area contributed by atoms with Gasteiger partial charge in [0.2, 0.25) is 5.91 Å². The zero-order valence-electron chi connectivity index (χ0n) is 13.7. The maximum Gasteiger partial charge on any atom is 0.227 e. The Bertz CT molecular complexity index is 831. The highest BCUT2D eigenvalue weighted by atomic mass is 32.1. The minimum atomic E-state index is 0.269. The van der Waals surface area contributed by atoms with Crippen molar-refractivity contribution >= 4 is 28.0 Å². The van der Waals surface area contributed by atoms with Gasteiger partial charge < -0.3 is 4.90 Å². The summed E-state index contributed by atoms with van der Waals surface area (Å²) >= 11 is 1.78. The summed E-state index contributed by atoms with van der Waals surface area (Å²) in [6.45, 7) is 0.842. The van der Waals surface area contributed by atoms with Gasteiger partial charge in [-0.25, -0.2) is 0 Å². The van der Waals surface area contributed by atoms with Crippen LogP contribution in [0.25, 0.3) is 10.8 Å². The largest absolute Gasteiger partial charge is 0.339 e. The number of carbonyl (C=O) groups is 1. The molecule has 0 atom stereocenters. The molecule has 3 heteroatoms. The first kappa shape index (κ1) is 15.4. The molecule has 1 aromatic heterocycles. The molecular weight excluding hydrogens is 314 g/mol. The molecular formula is C21H21NOS. The van der Waals surface area contributed by atoms with E-state index in [1.165, 1.54) is 15.6 Å². The van der Waals surface area contributed by atoms with Crippen LogP contribution in [0.15, 0.2) is 60.0 Å². The molecule has 4 rings (SSSR count). The van der Waals surface area contributed by atoms with Gasteiger partial charge in [0.05, 0.1) is 6.42 Å². The van der Waals surface area contributed by atoms with Crippen LogP contribution < -0.4 is 0 Å². The van der Waals surface area contributed by atoms with E-state index >= 15 is 0 Å². The van der Waals surface area contributed by atoms with Gasteiger partial charge in [0, 0.05) is 17.5 Å². The Labute approximate surface area is 146 Å². The van der Waals surface area contributed by atoms with Crippen LogP contribution >= 0.6 is 11.3 Å². The van der Waals surface area contributed by atoms with Crippen molar-refractivity contribution in [2.75, 3.05) is 6.54 Å². The topological polar surface area (TPSA) is 20.3 Å². The van der Waals surface area contributed by atoms with Crippen LogP contribution in [-0.4, -0.2) is 23.4 Å². The Morgan fingerprint density at radius 3 is 2.67 bits per heavy atom. The normalized spacial score (nSPS) is 14.0. The molecule has 0 N–H and O–H groups in total. The first-order valence-electron chi connectivity index (χ1n) is 8.60. The highest BCUT2D eigenvalue weighted by molar-refractivity contribution is 7.09. The molecule has 1 aliphatic carbocycles. The van der Waals surface area contributed by atoms with Gasteiger partial charge in [-0.15, -0.1) is 11.3 Å². The SMILES string of the molecule is O=C(Cc1cccc2ccccc12)N(CCc1cccs1)C1CC1. The van der Waals surface area contributed by atoms with Crippen LogP contribution in [0.1, 0.15) is 23.3 Å². The minimum absolute atomic E-state index is 0.269. The molecule has 1 amide bonds. The highest BCUT2D eigenvalue weighted by Crippen LogP contribution is 2.29. The molecule has 24 heavy (non-hydrogen) atoms. The van der Waals surface area contributed by atoms with Crippen LogP contribution in [0, 0.1) is 0 Å². The molecule has 0 spiro atoms. The second-order valence-electron chi connectivity index (χ2n) is 6.46. The van der Waals surface area contributed by atoms with Crippen LogP contribution in [0.3, 0.4) is 0 Å². The fraction of sp³-hybridized carbons (Fsp3) is 0.286. The van der Waals surface area contributed by atoms with Crippen LogP contribution in [0.5, 0.6) is 0 Å². The Balaban J connectivity index is 1.50. The molecule has 1 heterocycles. The molecule has 0 bridgehead atoms. The number of carbonyl (C=O) groups excluding carboxylic acids is 1. The van der Waals surface area contributed by atoms with Gasteiger partial charge in [-0.3, -0.25) is 4.79 Å². The molecule has 1 aliphatic rings. The maximum absolute atomic E-state index is 12.9. The van der Waals surface area contributed by atoms with Crippen molar-refractivity contribution in [2.45, 2.75) is 31.7 Å². The molecule has 1 saturated carbocycles. The third kappa shape index (κ3) is 3.36. The van der Waals surface area contributed by atoms with Crippen molar-refractivity contribution in [1.82, 2.24) is 4.90 Å². The van der Waals surface area contributed by atoms with Gasteiger partial charge in [-0.2, -0.15) is 0 Å². The first-order valence-corrected chi connectivity index (χ1v) is 9.48. The molecule has 2 nitrogen and oxygen atoms in total. The molecule has 0 unspecified atom stereocenters. The zero-order chi connectivity index (χ0) is 16.4. The van der Waals surface area contributed by atoms with Crippen molar-refractivity contribution in [3.05, 3.63) is 70.4 Å². The van der Waals surface area contributed by atoms with E-state index in [4.69, 9.17) is 0 Å². The second kappa shape index (κ2) is 6.78. The van der Waals surface area contributed by atoms with Crippen LogP contribution in [-0.2, 0) is 17.6 Å². The third-order valence-corrected chi connectivity index (χ3v) is 5.64. The summed E-state index contributed by atoms with van der Waals surface area (Å²) in [5.41, 5.74) is 1.14. The molecule has 0 radical (unpaired) electrons. The summed E-state index contributed by atoms with van der Waals surface area (Å²) in [6, 6.07) is 19.3. The van der Waals surface area contributed by atoms with E-state index in [1.54, 1.807) is 11.3 Å². The highest BCUT2D eigenvalue weighted by Gasteiger charge is 2.32. The molecule has 0 aliphatic heterocycles. The van der Waals surface area contributed by atoms with Gasteiger partial charge in [-0.05, 0) is 47.0 Å². The fourth-order valence-corrected chi connectivity index (χ4v) is 3.99. The first-order chi connectivity index (χ1) is 11.8. The summed E-state index contributed by atoms with van der Waals surface area (Å²) in [5, 5.41) is 4.51. The predicted octanol–water partition coefficient (Wildman–Crippen LogP) is 4.68. The van der Waals surface area contributed by atoms with E-state index in [0.717, 1.165) is 31.4 Å². The van der Waals surface area contributed by atoms with E-state index in [0.29, 0.717) is 12.5 Å². The van der Waals surface area contributed by atoms with Gasteiger partial charge in [0.1, 0.15) is 0 Å². The van der Waals surface area contributed by atoms with Gasteiger partial charge in [0.15, 0.2) is 0 Å². The lowest BCUT2D eigenvalue weighted by Gasteiger charge is -2.22. The summed E-state index contributed by atoms with van der Waals surface area (Å²) in [6.07, 6.45) is 3.79. The number of amides is 1. The number of thiophene rings is 1. The van der Waals surface area contributed by atoms with Gasteiger partial charge in [-0.1, -0.05) is 48.5 Å². The quantitative estimate of drug-likeness (QED) is 0.640. The lowest BCUT2D eigenvalue weighted by molar-refractivity contribution is -0.131. The van der Waals surface area contributed by atoms with Crippen LogP contribution in [0.4, 0.5) is 0 Å². The Kier molecular flexibility index (Phi) is 4.35. The predicted molar refractivity (Wildman–Crippen MR) is 100 cm³/mol. The molecule has 0 saturated heterocycles. The summed E-state index contributed by atoms with van der Waals surface area (Å²) in [5.74, 6) is 0.269. The molecule has 3 aromatic rings. The van der Waals surface area contributed by atoms with E-state index in [1.807, 2.05) is 12.1 Å². The smallest absolute Gasteiger partial charge is 0.227 e. The average molecular weight is 335 g/mol. The number of rotatable bonds is 6. The van der Waals surface area contributed by atoms with Gasteiger partial charge >= 0.3 is 0 Å². The fourth-order valence-electron chi connectivity index (χ4n) is 3.29. The lowest BCUT2D eigenvalue weighted by atomic mass is 10.0. The molecule has 2 aromatic carbocycles.